The van der Waals surface area contributed by atoms with Gasteiger partial charge in [0.1, 0.15) is 6.61 Å². The van der Waals surface area contributed by atoms with Crippen molar-refractivity contribution < 1.29 is 38.2 Å². The summed E-state index contributed by atoms with van der Waals surface area (Å²) < 4.78 is 13.0. The molecule has 3 rings (SSSR count). The second-order valence-electron chi connectivity index (χ2n) is 4.37. The van der Waals surface area contributed by atoms with E-state index in [1.165, 1.54) is 0 Å². The zero-order chi connectivity index (χ0) is 15.7. The summed E-state index contributed by atoms with van der Waals surface area (Å²) >= 11 is 0. The van der Waals surface area contributed by atoms with E-state index in [1.807, 2.05) is 0 Å². The van der Waals surface area contributed by atoms with Crippen molar-refractivity contribution in [1.29, 1.82) is 0 Å². The van der Waals surface area contributed by atoms with Crippen LogP contribution in [0, 0.1) is 0 Å². The Morgan fingerprint density at radius 3 is 1.35 bits per heavy atom. The number of hydrogen-bond donors (Lipinski definition) is 0. The Morgan fingerprint density at radius 2 is 1.13 bits per heavy atom. The SMILES string of the molecule is C.C.O=C1CCC(=O)O1.O=C1CCC(=O)OC1.O=C1CCCO1. The number of ketones is 1. The minimum absolute atomic E-state index is 0. The monoisotopic (exact) mass is 332 g/mol. The van der Waals surface area contributed by atoms with E-state index in [1.54, 1.807) is 0 Å². The van der Waals surface area contributed by atoms with Crippen LogP contribution in [0.2, 0.25) is 0 Å². The van der Waals surface area contributed by atoms with Gasteiger partial charge in [0.15, 0.2) is 5.78 Å². The van der Waals surface area contributed by atoms with Gasteiger partial charge in [-0.15, -0.1) is 0 Å². The number of rotatable bonds is 0. The van der Waals surface area contributed by atoms with Crippen LogP contribution in [0.15, 0.2) is 0 Å². The molecule has 8 heteroatoms. The van der Waals surface area contributed by atoms with Crippen LogP contribution in [0.5, 0.6) is 0 Å². The van der Waals surface area contributed by atoms with Crippen molar-refractivity contribution in [2.45, 2.75) is 53.4 Å². The molecule has 3 aliphatic heterocycles. The summed E-state index contributed by atoms with van der Waals surface area (Å²) in [7, 11) is 0. The van der Waals surface area contributed by atoms with E-state index >= 15 is 0 Å². The number of carbonyl (C=O) groups excluding carboxylic acids is 5. The average molecular weight is 332 g/mol. The lowest BCUT2D eigenvalue weighted by Gasteiger charge is -2.07. The molecule has 0 radical (unpaired) electrons. The van der Waals surface area contributed by atoms with Crippen molar-refractivity contribution >= 4 is 29.7 Å². The van der Waals surface area contributed by atoms with Crippen molar-refractivity contribution in [3.63, 3.8) is 0 Å². The first kappa shape index (κ1) is 23.0. The molecule has 0 unspecified atom stereocenters. The Kier molecular flexibility index (Phi) is 12.3. The van der Waals surface area contributed by atoms with E-state index in [0.717, 1.165) is 6.42 Å². The van der Waals surface area contributed by atoms with Crippen molar-refractivity contribution in [3.8, 4) is 0 Å². The normalized spacial score (nSPS) is 18.7. The third-order valence-electron chi connectivity index (χ3n) is 2.55. The number of carbonyl (C=O) groups is 5. The van der Waals surface area contributed by atoms with Crippen LogP contribution in [0.25, 0.3) is 0 Å². The zero-order valence-electron chi connectivity index (χ0n) is 11.4. The molecular formula is C15H24O8. The maximum Gasteiger partial charge on any atom is 0.314 e. The fourth-order valence-electron chi connectivity index (χ4n) is 1.45. The number of cyclic esters (lactones) is 4. The lowest BCUT2D eigenvalue weighted by Crippen LogP contribution is -2.20. The minimum atomic E-state index is -0.398. The topological polar surface area (TPSA) is 113 Å². The lowest BCUT2D eigenvalue weighted by molar-refractivity contribution is -0.153. The van der Waals surface area contributed by atoms with E-state index in [9.17, 15) is 24.0 Å². The summed E-state index contributed by atoms with van der Waals surface area (Å²) in [5, 5.41) is 0. The van der Waals surface area contributed by atoms with Crippen molar-refractivity contribution in [2.24, 2.45) is 0 Å². The van der Waals surface area contributed by atoms with Gasteiger partial charge in [0, 0.05) is 12.8 Å². The highest BCUT2D eigenvalue weighted by Crippen LogP contribution is 2.04. The Hall–Kier alpha value is -2.25. The van der Waals surface area contributed by atoms with E-state index in [2.05, 4.69) is 14.2 Å². The number of hydrogen-bond acceptors (Lipinski definition) is 8. The number of Topliss-reactive ketones (excluding diaryl/α,β-unsaturated/α-hetero) is 1. The molecule has 8 nitrogen and oxygen atoms in total. The summed E-state index contributed by atoms with van der Waals surface area (Å²) in [5.74, 6) is -1.08. The molecule has 0 spiro atoms. The predicted octanol–water partition coefficient (Wildman–Crippen LogP) is 1.34. The molecule has 0 atom stereocenters. The Morgan fingerprint density at radius 1 is 0.609 bits per heavy atom. The van der Waals surface area contributed by atoms with Gasteiger partial charge in [-0.25, -0.2) is 0 Å². The summed E-state index contributed by atoms with van der Waals surface area (Å²) in [4.78, 5) is 50.6. The molecule has 0 aromatic carbocycles. The minimum Gasteiger partial charge on any atom is -0.466 e. The first-order valence-corrected chi connectivity index (χ1v) is 6.54. The fourth-order valence-corrected chi connectivity index (χ4v) is 1.45. The van der Waals surface area contributed by atoms with Crippen LogP contribution in [0.3, 0.4) is 0 Å². The van der Waals surface area contributed by atoms with Gasteiger partial charge < -0.3 is 14.2 Å². The van der Waals surface area contributed by atoms with Gasteiger partial charge >= 0.3 is 23.9 Å². The van der Waals surface area contributed by atoms with Crippen LogP contribution < -0.4 is 0 Å². The maximum absolute atomic E-state index is 10.3. The second-order valence-corrected chi connectivity index (χ2v) is 4.37. The van der Waals surface area contributed by atoms with Gasteiger partial charge in [-0.05, 0) is 6.42 Å². The third-order valence-corrected chi connectivity index (χ3v) is 2.55. The molecule has 0 bridgehead atoms. The van der Waals surface area contributed by atoms with Crippen LogP contribution in [0.4, 0.5) is 0 Å². The fraction of sp³-hybridized carbons (Fsp3) is 0.667. The molecule has 0 amide bonds. The number of ether oxygens (including phenoxy) is 3. The van der Waals surface area contributed by atoms with Crippen molar-refractivity contribution in [1.82, 2.24) is 0 Å². The quantitative estimate of drug-likeness (QED) is 0.371. The Bertz CT molecular complexity index is 391. The molecule has 3 aliphatic rings. The van der Waals surface area contributed by atoms with Gasteiger partial charge in [-0.2, -0.15) is 0 Å². The van der Waals surface area contributed by atoms with Gasteiger partial charge in [0.05, 0.1) is 25.9 Å². The molecule has 0 aliphatic carbocycles. The largest absolute Gasteiger partial charge is 0.466 e. The predicted molar refractivity (Wildman–Crippen MR) is 79.2 cm³/mol. The molecule has 3 heterocycles. The average Bonchev–Trinajstić information content (AvgIpc) is 3.06. The summed E-state index contributed by atoms with van der Waals surface area (Å²) in [6.45, 7) is 0.623. The first-order valence-electron chi connectivity index (χ1n) is 6.54. The van der Waals surface area contributed by atoms with Crippen LogP contribution >= 0.6 is 0 Å². The molecule has 0 aromatic rings. The second kappa shape index (κ2) is 12.3. The van der Waals surface area contributed by atoms with Gasteiger partial charge in [-0.1, -0.05) is 14.9 Å². The molecule has 3 fully saturated rings. The smallest absolute Gasteiger partial charge is 0.314 e. The number of esters is 4. The van der Waals surface area contributed by atoms with E-state index in [0.29, 0.717) is 19.4 Å². The van der Waals surface area contributed by atoms with Gasteiger partial charge in [-0.3, -0.25) is 24.0 Å². The van der Waals surface area contributed by atoms with Crippen LogP contribution in [-0.2, 0) is 38.2 Å². The highest BCUT2D eigenvalue weighted by Gasteiger charge is 2.19. The molecule has 0 aromatic heterocycles. The van der Waals surface area contributed by atoms with Gasteiger partial charge in [0.25, 0.3) is 0 Å². The first-order chi connectivity index (χ1) is 9.97. The van der Waals surface area contributed by atoms with E-state index in [4.69, 9.17) is 0 Å². The Labute approximate surface area is 135 Å². The molecule has 0 N–H and O–H groups in total. The zero-order valence-corrected chi connectivity index (χ0v) is 11.4. The maximum atomic E-state index is 10.3. The Balaban J connectivity index is 0. The summed E-state index contributed by atoms with van der Waals surface area (Å²) in [5.41, 5.74) is 0. The summed E-state index contributed by atoms with van der Waals surface area (Å²) in [6.07, 6.45) is 2.69. The molecule has 23 heavy (non-hydrogen) atoms. The van der Waals surface area contributed by atoms with Crippen molar-refractivity contribution in [2.75, 3.05) is 13.2 Å². The van der Waals surface area contributed by atoms with E-state index in [-0.39, 0.29) is 58.4 Å². The van der Waals surface area contributed by atoms with Gasteiger partial charge in [0.2, 0.25) is 0 Å². The molecular weight excluding hydrogens is 308 g/mol. The summed E-state index contributed by atoms with van der Waals surface area (Å²) in [6, 6.07) is 0. The molecule has 0 saturated carbocycles. The standard InChI is InChI=1S/C5H6O3.C4H4O3.C4H6O2.2CH4/c6-4-1-2-5(7)8-3-4;5-3-1-2-4(6)7-3;5-4-2-1-3-6-4;;/h1-3H2;1-2H2;1-3H2;2*1H4. The highest BCUT2D eigenvalue weighted by molar-refractivity contribution is 5.92. The molecule has 3 saturated heterocycles. The highest BCUT2D eigenvalue weighted by atomic mass is 16.6. The van der Waals surface area contributed by atoms with Crippen LogP contribution in [-0.4, -0.2) is 42.9 Å². The van der Waals surface area contributed by atoms with Crippen molar-refractivity contribution in [3.05, 3.63) is 0 Å². The van der Waals surface area contributed by atoms with Crippen LogP contribution in [0.1, 0.15) is 53.4 Å². The lowest BCUT2D eigenvalue weighted by atomic mass is 10.2. The molecule has 132 valence electrons. The third kappa shape index (κ3) is 11.0. The van der Waals surface area contributed by atoms with E-state index < -0.39 is 11.9 Å².